The van der Waals surface area contributed by atoms with E-state index in [4.69, 9.17) is 10.2 Å². The van der Waals surface area contributed by atoms with E-state index in [0.29, 0.717) is 0 Å². The molecule has 20 heavy (non-hydrogen) atoms. The number of fused-ring (bicyclic) bond motifs is 1. The number of carbonyl (C=O) groups is 2. The largest absolute Gasteiger partial charge is 0.481 e. The average Bonchev–Trinajstić information content (AvgIpc) is 2.80. The fourth-order valence-electron chi connectivity index (χ4n) is 1.68. The fourth-order valence-corrected chi connectivity index (χ4v) is 4.00. The molecular formula is C13H13NO4S2. The van der Waals surface area contributed by atoms with Crippen LogP contribution in [0, 0.1) is 11.8 Å². The quantitative estimate of drug-likeness (QED) is 0.798. The summed E-state index contributed by atoms with van der Waals surface area (Å²) in [6, 6.07) is 7.65. The molecule has 2 atom stereocenters. The predicted octanol–water partition coefficient (Wildman–Crippen LogP) is 2.81. The summed E-state index contributed by atoms with van der Waals surface area (Å²) in [5.41, 5.74) is 0.873. The molecule has 0 saturated carbocycles. The van der Waals surface area contributed by atoms with Crippen LogP contribution in [0.25, 0.3) is 10.2 Å². The first-order chi connectivity index (χ1) is 9.49. The highest BCUT2D eigenvalue weighted by Crippen LogP contribution is 2.31. The van der Waals surface area contributed by atoms with Crippen molar-refractivity contribution < 1.29 is 19.8 Å². The second kappa shape index (κ2) is 6.23. The number of rotatable bonds is 6. The molecule has 2 aromatic rings. The van der Waals surface area contributed by atoms with Crippen LogP contribution in [0.4, 0.5) is 0 Å². The minimum absolute atomic E-state index is 0.197. The van der Waals surface area contributed by atoms with Gasteiger partial charge < -0.3 is 10.2 Å². The summed E-state index contributed by atoms with van der Waals surface area (Å²) in [7, 11) is 0. The molecule has 0 aliphatic heterocycles. The maximum Gasteiger partial charge on any atom is 0.308 e. The van der Waals surface area contributed by atoms with Crippen molar-refractivity contribution >= 4 is 45.3 Å². The van der Waals surface area contributed by atoms with E-state index in [-0.39, 0.29) is 5.75 Å². The number of para-hydroxylation sites is 1. The lowest BCUT2D eigenvalue weighted by Crippen LogP contribution is -2.29. The standard InChI is InChI=1S/C13H13NO4S2/c1-7(11(15)16)8(12(17)18)6-19-13-14-9-4-2-3-5-10(9)20-13/h2-5,7-8H,6H2,1H3,(H,15,16)(H,17,18). The van der Waals surface area contributed by atoms with Gasteiger partial charge in [-0.3, -0.25) is 9.59 Å². The summed E-state index contributed by atoms with van der Waals surface area (Å²) >= 11 is 2.77. The van der Waals surface area contributed by atoms with E-state index in [9.17, 15) is 9.59 Å². The van der Waals surface area contributed by atoms with E-state index in [0.717, 1.165) is 14.6 Å². The summed E-state index contributed by atoms with van der Waals surface area (Å²) < 4.78 is 1.79. The zero-order valence-corrected chi connectivity index (χ0v) is 12.3. The Bertz CT molecular complexity index is 607. The van der Waals surface area contributed by atoms with Crippen LogP contribution in [-0.4, -0.2) is 32.9 Å². The van der Waals surface area contributed by atoms with Gasteiger partial charge in [-0.1, -0.05) is 30.8 Å². The second-order valence-corrected chi connectivity index (χ2v) is 6.63. The number of hydrogen-bond acceptors (Lipinski definition) is 5. The van der Waals surface area contributed by atoms with E-state index in [2.05, 4.69) is 4.98 Å². The molecule has 0 aliphatic rings. The molecule has 1 heterocycles. The molecule has 2 rings (SSSR count). The molecule has 0 saturated heterocycles. The van der Waals surface area contributed by atoms with Crippen LogP contribution in [-0.2, 0) is 9.59 Å². The number of carboxylic acid groups (broad SMARTS) is 2. The third-order valence-corrected chi connectivity index (χ3v) is 5.27. The molecule has 106 valence electrons. The van der Waals surface area contributed by atoms with Crippen LogP contribution in [0.3, 0.4) is 0 Å². The monoisotopic (exact) mass is 311 g/mol. The maximum absolute atomic E-state index is 11.1. The van der Waals surface area contributed by atoms with E-state index in [1.165, 1.54) is 30.0 Å². The summed E-state index contributed by atoms with van der Waals surface area (Å²) in [6.45, 7) is 1.42. The van der Waals surface area contributed by atoms with Gasteiger partial charge in [-0.2, -0.15) is 0 Å². The second-order valence-electron chi connectivity index (χ2n) is 4.33. The summed E-state index contributed by atoms with van der Waals surface area (Å²) in [4.78, 5) is 26.4. The molecule has 0 aliphatic carbocycles. The van der Waals surface area contributed by atoms with E-state index >= 15 is 0 Å². The zero-order chi connectivity index (χ0) is 14.7. The number of thiazole rings is 1. The van der Waals surface area contributed by atoms with Gasteiger partial charge in [-0.05, 0) is 12.1 Å². The number of benzene rings is 1. The first-order valence-corrected chi connectivity index (χ1v) is 7.73. The van der Waals surface area contributed by atoms with Gasteiger partial charge in [0.25, 0.3) is 0 Å². The van der Waals surface area contributed by atoms with Crippen molar-refractivity contribution in [1.82, 2.24) is 4.98 Å². The SMILES string of the molecule is CC(C(=O)O)C(CSc1nc2ccccc2s1)C(=O)O. The van der Waals surface area contributed by atoms with Crippen LogP contribution in [0.1, 0.15) is 6.92 Å². The Morgan fingerprint density at radius 2 is 2.00 bits per heavy atom. The van der Waals surface area contributed by atoms with Crippen molar-refractivity contribution in [1.29, 1.82) is 0 Å². The Hall–Kier alpha value is -1.60. The highest BCUT2D eigenvalue weighted by atomic mass is 32.2. The number of aliphatic carboxylic acids is 2. The van der Waals surface area contributed by atoms with Gasteiger partial charge in [-0.15, -0.1) is 11.3 Å². The van der Waals surface area contributed by atoms with Crippen LogP contribution >= 0.6 is 23.1 Å². The Morgan fingerprint density at radius 3 is 2.60 bits per heavy atom. The van der Waals surface area contributed by atoms with Crippen molar-refractivity contribution in [3.63, 3.8) is 0 Å². The maximum atomic E-state index is 11.1. The molecule has 0 fully saturated rings. The van der Waals surface area contributed by atoms with Crippen LogP contribution < -0.4 is 0 Å². The van der Waals surface area contributed by atoms with Crippen molar-refractivity contribution in [2.24, 2.45) is 11.8 Å². The molecule has 1 aromatic carbocycles. The van der Waals surface area contributed by atoms with Gasteiger partial charge in [0.2, 0.25) is 0 Å². The minimum Gasteiger partial charge on any atom is -0.481 e. The van der Waals surface area contributed by atoms with Crippen LogP contribution in [0.15, 0.2) is 28.6 Å². The van der Waals surface area contributed by atoms with Crippen molar-refractivity contribution in [2.45, 2.75) is 11.3 Å². The van der Waals surface area contributed by atoms with Gasteiger partial charge in [0.1, 0.15) is 0 Å². The van der Waals surface area contributed by atoms with Gasteiger partial charge >= 0.3 is 11.9 Å². The molecule has 0 amide bonds. The third kappa shape index (κ3) is 3.29. The highest BCUT2D eigenvalue weighted by molar-refractivity contribution is 8.01. The molecule has 1 aromatic heterocycles. The van der Waals surface area contributed by atoms with Crippen molar-refractivity contribution in [3.8, 4) is 0 Å². The highest BCUT2D eigenvalue weighted by Gasteiger charge is 2.30. The molecule has 0 bridgehead atoms. The van der Waals surface area contributed by atoms with Crippen LogP contribution in [0.5, 0.6) is 0 Å². The van der Waals surface area contributed by atoms with E-state index in [1.807, 2.05) is 24.3 Å². The average molecular weight is 311 g/mol. The Kier molecular flexibility index (Phi) is 4.61. The zero-order valence-electron chi connectivity index (χ0n) is 10.6. The molecular weight excluding hydrogens is 298 g/mol. The van der Waals surface area contributed by atoms with E-state index < -0.39 is 23.8 Å². The van der Waals surface area contributed by atoms with Gasteiger partial charge in [0.15, 0.2) is 4.34 Å². The van der Waals surface area contributed by atoms with E-state index in [1.54, 1.807) is 0 Å². The van der Waals surface area contributed by atoms with Gasteiger partial charge in [-0.25, -0.2) is 4.98 Å². The van der Waals surface area contributed by atoms with Crippen LogP contribution in [0.2, 0.25) is 0 Å². The minimum atomic E-state index is -1.10. The number of aromatic nitrogens is 1. The number of thioether (sulfide) groups is 1. The third-order valence-electron chi connectivity index (χ3n) is 2.97. The normalized spacial score (nSPS) is 14.1. The summed E-state index contributed by atoms with van der Waals surface area (Å²) in [5, 5.41) is 18.0. The van der Waals surface area contributed by atoms with Gasteiger partial charge in [0, 0.05) is 5.75 Å². The Labute approximate surface area is 123 Å². The summed E-state index contributed by atoms with van der Waals surface area (Å²) in [6.07, 6.45) is 0. The number of hydrogen-bond donors (Lipinski definition) is 2. The first-order valence-electron chi connectivity index (χ1n) is 5.93. The molecule has 0 radical (unpaired) electrons. The first kappa shape index (κ1) is 14.8. The topological polar surface area (TPSA) is 87.5 Å². The molecule has 2 unspecified atom stereocenters. The lowest BCUT2D eigenvalue weighted by Gasteiger charge is -2.14. The van der Waals surface area contributed by atoms with Gasteiger partial charge in [0.05, 0.1) is 22.1 Å². The molecule has 0 spiro atoms. The molecule has 2 N–H and O–H groups in total. The number of nitrogens with zero attached hydrogens (tertiary/aromatic N) is 1. The lowest BCUT2D eigenvalue weighted by molar-refractivity contribution is -0.152. The lowest BCUT2D eigenvalue weighted by atomic mass is 9.96. The smallest absolute Gasteiger partial charge is 0.308 e. The Balaban J connectivity index is 2.09. The number of carboxylic acids is 2. The Morgan fingerprint density at radius 1 is 1.30 bits per heavy atom. The van der Waals surface area contributed by atoms with Crippen molar-refractivity contribution in [3.05, 3.63) is 24.3 Å². The molecule has 5 nitrogen and oxygen atoms in total. The van der Waals surface area contributed by atoms with Crippen molar-refractivity contribution in [2.75, 3.05) is 5.75 Å². The molecule has 7 heteroatoms. The fraction of sp³-hybridized carbons (Fsp3) is 0.308. The summed E-state index contributed by atoms with van der Waals surface area (Å²) in [5.74, 6) is -3.84. The predicted molar refractivity (Wildman–Crippen MR) is 78.3 cm³/mol.